The van der Waals surface area contributed by atoms with Crippen molar-refractivity contribution in [2.45, 2.75) is 50.6 Å². The van der Waals surface area contributed by atoms with Crippen LogP contribution in [0.2, 0.25) is 0 Å². The maximum Gasteiger partial charge on any atom is -0.0561 e. The Morgan fingerprint density at radius 3 is 1.80 bits per heavy atom. The molecule has 2 fully saturated rings. The summed E-state index contributed by atoms with van der Waals surface area (Å²) in [6.45, 7) is 2.05. The monoisotopic (exact) mass is 471 g/mol. The predicted octanol–water partition coefficient (Wildman–Crippen LogP) is 5.37. The molecule has 0 amide bonds. The van der Waals surface area contributed by atoms with Crippen molar-refractivity contribution in [2.24, 2.45) is 0 Å². The van der Waals surface area contributed by atoms with Crippen molar-refractivity contribution in [3.05, 3.63) is 46.0 Å². The van der Waals surface area contributed by atoms with Crippen LogP contribution in [0.5, 0.6) is 0 Å². The molecule has 115 valence electrons. The first-order chi connectivity index (χ1) is 9.93. The molecule has 2 nitrogen and oxygen atoms in total. The second-order valence-corrected chi connectivity index (χ2v) is 5.40. The third-order valence-corrected chi connectivity index (χ3v) is 4.03. The van der Waals surface area contributed by atoms with Crippen molar-refractivity contribution >= 4 is 9.42 Å². The van der Waals surface area contributed by atoms with E-state index in [0.29, 0.717) is 12.1 Å². The standard InChI is InChI=1S/C16H21N2.ClH.Pt/c1-3-10-17-15(8-1)13-6-5-7-14(12-13)16-9-2-4-11-18-16;;/h5-7,15-16H,1-4,8-11H2;1H;/q-3;;+1/p-1. The van der Waals surface area contributed by atoms with E-state index in [0.717, 1.165) is 13.1 Å². The molecule has 0 aliphatic carbocycles. The van der Waals surface area contributed by atoms with Crippen molar-refractivity contribution < 1.29 is 18.8 Å². The summed E-state index contributed by atoms with van der Waals surface area (Å²) in [5.74, 6) is 0. The van der Waals surface area contributed by atoms with Gasteiger partial charge < -0.3 is 10.6 Å². The van der Waals surface area contributed by atoms with Crippen LogP contribution in [0, 0.1) is 6.07 Å². The maximum absolute atomic E-state index is 4.72. The van der Waals surface area contributed by atoms with Gasteiger partial charge in [-0.1, -0.05) is 38.5 Å². The Morgan fingerprint density at radius 1 is 0.900 bits per heavy atom. The molecule has 2 saturated heterocycles. The third-order valence-electron chi connectivity index (χ3n) is 4.03. The summed E-state index contributed by atoms with van der Waals surface area (Å²) in [5.41, 5.74) is 2.57. The van der Waals surface area contributed by atoms with E-state index in [9.17, 15) is 0 Å². The van der Waals surface area contributed by atoms with Crippen molar-refractivity contribution in [1.82, 2.24) is 0 Å². The molecule has 0 spiro atoms. The molecule has 4 heteroatoms. The normalized spacial score (nSPS) is 26.6. The molecule has 0 bridgehead atoms. The Morgan fingerprint density at radius 2 is 1.40 bits per heavy atom. The van der Waals surface area contributed by atoms with Crippen LogP contribution < -0.4 is 0 Å². The van der Waals surface area contributed by atoms with Crippen molar-refractivity contribution in [3.63, 3.8) is 0 Å². The van der Waals surface area contributed by atoms with Crippen LogP contribution in [0.1, 0.15) is 61.7 Å². The van der Waals surface area contributed by atoms with Crippen molar-refractivity contribution in [1.29, 1.82) is 0 Å². The molecule has 0 aromatic heterocycles. The number of piperidine rings is 2. The zero-order valence-electron chi connectivity index (χ0n) is 11.6. The van der Waals surface area contributed by atoms with Gasteiger partial charge in [0.15, 0.2) is 0 Å². The van der Waals surface area contributed by atoms with E-state index < -0.39 is 0 Å². The van der Waals surface area contributed by atoms with Gasteiger partial charge >= 0.3 is 28.2 Å². The smallest absolute Gasteiger partial charge is 0.0561 e. The number of hydrogen-bond donors (Lipinski definition) is 0. The molecule has 2 aliphatic heterocycles. The van der Waals surface area contributed by atoms with Crippen molar-refractivity contribution in [2.75, 3.05) is 13.1 Å². The summed E-state index contributed by atoms with van der Waals surface area (Å²) >= 11 is 1.61. The summed E-state index contributed by atoms with van der Waals surface area (Å²) in [4.78, 5) is 0. The van der Waals surface area contributed by atoms with E-state index in [-0.39, 0.29) is 0 Å². The van der Waals surface area contributed by atoms with E-state index in [2.05, 4.69) is 33.7 Å². The Balaban J connectivity index is 0.000000704. The van der Waals surface area contributed by atoms with E-state index in [1.165, 1.54) is 49.7 Å². The first-order valence-corrected chi connectivity index (χ1v) is 10.2. The summed E-state index contributed by atoms with van der Waals surface area (Å²) in [6.07, 6.45) is 7.52. The molecule has 3 rings (SSSR count). The zero-order valence-corrected chi connectivity index (χ0v) is 14.7. The second-order valence-electron chi connectivity index (χ2n) is 5.40. The molecule has 0 radical (unpaired) electrons. The minimum atomic E-state index is 0.391. The quantitative estimate of drug-likeness (QED) is 0.519. The van der Waals surface area contributed by atoms with Gasteiger partial charge in [-0.15, -0.1) is 25.2 Å². The largest absolute Gasteiger partial charge is 0.657 e. The molecule has 0 N–H and O–H groups in total. The topological polar surface area (TPSA) is 28.2 Å². The van der Waals surface area contributed by atoms with E-state index in [4.69, 9.17) is 10.6 Å². The average Bonchev–Trinajstić information content (AvgIpc) is 2.58. The minimum absolute atomic E-state index is 0.391. The molecule has 20 heavy (non-hydrogen) atoms. The minimum Gasteiger partial charge on any atom is -0.657 e. The number of nitrogens with zero attached hydrogens (tertiary/aromatic N) is 2. The first kappa shape index (κ1) is 16.5. The summed E-state index contributed by atoms with van der Waals surface area (Å²) in [5, 5.41) is 9.45. The molecule has 0 saturated carbocycles. The number of rotatable bonds is 2. The maximum atomic E-state index is 4.72. The molecule has 2 heterocycles. The molecular weight excluding hydrogens is 451 g/mol. The fourth-order valence-electron chi connectivity index (χ4n) is 2.98. The van der Waals surface area contributed by atoms with Gasteiger partial charge in [-0.3, -0.25) is 0 Å². The average molecular weight is 472 g/mol. The molecular formula is C16H21ClN2Pt-3. The van der Waals surface area contributed by atoms with E-state index in [1.807, 2.05) is 0 Å². The number of hydrogen-bond acceptors (Lipinski definition) is 0. The summed E-state index contributed by atoms with van der Waals surface area (Å²) < 4.78 is 0. The van der Waals surface area contributed by atoms with Gasteiger partial charge in [-0.2, -0.15) is 35.4 Å². The number of halogens is 1. The first-order valence-electron chi connectivity index (χ1n) is 7.41. The predicted molar refractivity (Wildman–Crippen MR) is 80.8 cm³/mol. The van der Waals surface area contributed by atoms with E-state index in [1.54, 1.807) is 18.8 Å². The van der Waals surface area contributed by atoms with E-state index >= 15 is 0 Å². The van der Waals surface area contributed by atoms with Crippen LogP contribution in [0.4, 0.5) is 0 Å². The van der Waals surface area contributed by atoms with Crippen molar-refractivity contribution in [3.8, 4) is 0 Å². The summed E-state index contributed by atoms with van der Waals surface area (Å²) in [6, 6.07) is 10.9. The second kappa shape index (κ2) is 9.20. The van der Waals surface area contributed by atoms with Crippen LogP contribution >= 0.6 is 9.42 Å². The van der Waals surface area contributed by atoms with Gasteiger partial charge in [0.25, 0.3) is 0 Å². The summed E-state index contributed by atoms with van der Waals surface area (Å²) in [7, 11) is 4.61. The zero-order chi connectivity index (χ0) is 14.2. The van der Waals surface area contributed by atoms with Gasteiger partial charge in [-0.05, 0) is 0 Å². The van der Waals surface area contributed by atoms with Crippen LogP contribution in [-0.4, -0.2) is 13.1 Å². The van der Waals surface area contributed by atoms with Gasteiger partial charge in [0, 0.05) is 0 Å². The molecule has 1 aromatic rings. The van der Waals surface area contributed by atoms with Crippen LogP contribution in [-0.2, 0) is 18.8 Å². The molecule has 1 aromatic carbocycles. The Hall–Kier alpha value is 0.118. The van der Waals surface area contributed by atoms with Gasteiger partial charge in [-0.25, -0.2) is 0 Å². The number of benzene rings is 1. The third kappa shape index (κ3) is 4.56. The fraction of sp³-hybridized carbons (Fsp3) is 0.625. The Kier molecular flexibility index (Phi) is 7.58. The Bertz CT molecular complexity index is 355. The SMILES string of the molecule is [Cl][Pt].[c-]1c(C2CCCC[N-]2)cccc1C1CCCC[N-]1. The molecule has 2 aliphatic rings. The fourth-order valence-corrected chi connectivity index (χ4v) is 2.98. The van der Waals surface area contributed by atoms with Gasteiger partial charge in [0.05, 0.1) is 0 Å². The van der Waals surface area contributed by atoms with Crippen LogP contribution in [0.15, 0.2) is 18.2 Å². The van der Waals surface area contributed by atoms with Gasteiger partial charge in [0.2, 0.25) is 0 Å². The van der Waals surface area contributed by atoms with Crippen LogP contribution in [0.25, 0.3) is 10.6 Å². The molecule has 2 unspecified atom stereocenters. The van der Waals surface area contributed by atoms with Crippen LogP contribution in [0.3, 0.4) is 0 Å². The van der Waals surface area contributed by atoms with Gasteiger partial charge in [0.1, 0.15) is 0 Å². The Labute approximate surface area is 137 Å². The molecule has 2 atom stereocenters.